The predicted octanol–water partition coefficient (Wildman–Crippen LogP) is 3.67. The van der Waals surface area contributed by atoms with Gasteiger partial charge in [-0.2, -0.15) is 0 Å². The minimum absolute atomic E-state index is 0.0415. The first kappa shape index (κ1) is 17.7. The fourth-order valence-electron chi connectivity index (χ4n) is 2.23. The highest BCUT2D eigenvalue weighted by Crippen LogP contribution is 2.19. The fraction of sp³-hybridized carbons (Fsp3) is 0.105. The Kier molecular flexibility index (Phi) is 5.34. The summed E-state index contributed by atoms with van der Waals surface area (Å²) in [5.74, 6) is -0.832. The monoisotopic (exact) mass is 369 g/mol. The van der Waals surface area contributed by atoms with E-state index in [1.165, 1.54) is 6.07 Å². The van der Waals surface area contributed by atoms with Gasteiger partial charge in [0.1, 0.15) is 5.69 Å². The van der Waals surface area contributed by atoms with Crippen molar-refractivity contribution in [3.63, 3.8) is 0 Å². The third kappa shape index (κ3) is 4.49. The lowest BCUT2D eigenvalue weighted by molar-refractivity contribution is -0.115. The molecule has 1 heterocycles. The number of halogens is 1. The van der Waals surface area contributed by atoms with Gasteiger partial charge in [0, 0.05) is 22.3 Å². The smallest absolute Gasteiger partial charge is 0.290 e. The van der Waals surface area contributed by atoms with Crippen LogP contribution in [0.3, 0.4) is 0 Å². The van der Waals surface area contributed by atoms with Gasteiger partial charge in [-0.3, -0.25) is 9.59 Å². The predicted molar refractivity (Wildman–Crippen MR) is 99.1 cm³/mol. The first-order chi connectivity index (χ1) is 12.5. The number of amides is 2. The maximum Gasteiger partial charge on any atom is 0.290 e. The van der Waals surface area contributed by atoms with Crippen molar-refractivity contribution in [2.24, 2.45) is 0 Å². The summed E-state index contributed by atoms with van der Waals surface area (Å²) in [6.07, 6.45) is 0. The van der Waals surface area contributed by atoms with Crippen LogP contribution in [0.25, 0.3) is 11.3 Å². The van der Waals surface area contributed by atoms with E-state index in [9.17, 15) is 9.59 Å². The van der Waals surface area contributed by atoms with Crippen LogP contribution in [0, 0.1) is 6.92 Å². The molecule has 0 fully saturated rings. The maximum absolute atomic E-state index is 12.1. The molecule has 132 valence electrons. The van der Waals surface area contributed by atoms with Crippen LogP contribution >= 0.6 is 11.6 Å². The molecule has 2 amide bonds. The van der Waals surface area contributed by atoms with Crippen LogP contribution < -0.4 is 10.6 Å². The Hall–Kier alpha value is -3.12. The molecule has 0 saturated carbocycles. The van der Waals surface area contributed by atoms with E-state index in [-0.39, 0.29) is 18.2 Å². The van der Waals surface area contributed by atoms with E-state index < -0.39 is 5.91 Å². The molecule has 2 N–H and O–H groups in total. The van der Waals surface area contributed by atoms with Crippen molar-refractivity contribution in [3.05, 3.63) is 70.9 Å². The van der Waals surface area contributed by atoms with Crippen LogP contribution in [0.1, 0.15) is 16.1 Å². The second kappa shape index (κ2) is 7.84. The van der Waals surface area contributed by atoms with Crippen LogP contribution in [-0.2, 0) is 4.79 Å². The zero-order valence-electron chi connectivity index (χ0n) is 14.0. The summed E-state index contributed by atoms with van der Waals surface area (Å²) in [5.41, 5.74) is 3.12. The van der Waals surface area contributed by atoms with Gasteiger partial charge in [0.05, 0.1) is 6.54 Å². The van der Waals surface area contributed by atoms with E-state index in [1.54, 1.807) is 24.3 Å². The van der Waals surface area contributed by atoms with Crippen molar-refractivity contribution in [2.75, 3.05) is 11.9 Å². The largest absolute Gasteiger partial charge is 0.350 e. The van der Waals surface area contributed by atoms with Crippen LogP contribution in [0.15, 0.2) is 59.1 Å². The summed E-state index contributed by atoms with van der Waals surface area (Å²) in [5, 5.41) is 9.61. The Labute approximate surface area is 155 Å². The van der Waals surface area contributed by atoms with Crippen LogP contribution in [0.5, 0.6) is 0 Å². The molecule has 0 radical (unpaired) electrons. The van der Waals surface area contributed by atoms with Crippen molar-refractivity contribution >= 4 is 29.1 Å². The van der Waals surface area contributed by atoms with Crippen molar-refractivity contribution in [2.45, 2.75) is 6.92 Å². The number of carbonyl (C=O) groups excluding carboxylic acids is 2. The fourth-order valence-corrected chi connectivity index (χ4v) is 2.35. The second-order valence-electron chi connectivity index (χ2n) is 5.68. The highest BCUT2D eigenvalue weighted by molar-refractivity contribution is 6.30. The third-order valence-electron chi connectivity index (χ3n) is 3.62. The standard InChI is InChI=1S/C19H16ClN3O3/c1-12-2-4-13(5-3-12)16-10-17(26-23-16)19(25)21-11-18(24)22-15-8-6-14(20)7-9-15/h2-10H,11H2,1H3,(H,21,25)(H,22,24). The summed E-state index contributed by atoms with van der Waals surface area (Å²) >= 11 is 5.79. The zero-order chi connectivity index (χ0) is 18.5. The summed E-state index contributed by atoms with van der Waals surface area (Å²) < 4.78 is 5.07. The van der Waals surface area contributed by atoms with E-state index in [1.807, 2.05) is 31.2 Å². The number of nitrogens with zero attached hydrogens (tertiary/aromatic N) is 1. The van der Waals surface area contributed by atoms with Gasteiger partial charge in [0.2, 0.25) is 11.7 Å². The van der Waals surface area contributed by atoms with Gasteiger partial charge in [-0.1, -0.05) is 46.6 Å². The molecule has 0 spiro atoms. The summed E-state index contributed by atoms with van der Waals surface area (Å²) in [4.78, 5) is 24.0. The Morgan fingerprint density at radius 1 is 1.08 bits per heavy atom. The van der Waals surface area contributed by atoms with Gasteiger partial charge >= 0.3 is 0 Å². The van der Waals surface area contributed by atoms with Gasteiger partial charge in [-0.05, 0) is 31.2 Å². The average molecular weight is 370 g/mol. The van der Waals surface area contributed by atoms with Crippen molar-refractivity contribution < 1.29 is 14.1 Å². The van der Waals surface area contributed by atoms with Crippen LogP contribution in [-0.4, -0.2) is 23.5 Å². The lowest BCUT2D eigenvalue weighted by atomic mass is 10.1. The van der Waals surface area contributed by atoms with E-state index in [0.717, 1.165) is 11.1 Å². The normalized spacial score (nSPS) is 10.4. The molecule has 0 saturated heterocycles. The number of carbonyl (C=O) groups is 2. The molecule has 0 bridgehead atoms. The lowest BCUT2D eigenvalue weighted by Crippen LogP contribution is -2.32. The van der Waals surface area contributed by atoms with Gasteiger partial charge < -0.3 is 15.2 Å². The van der Waals surface area contributed by atoms with E-state index in [0.29, 0.717) is 16.4 Å². The average Bonchev–Trinajstić information content (AvgIpc) is 3.12. The Morgan fingerprint density at radius 3 is 2.46 bits per heavy atom. The molecule has 3 aromatic rings. The van der Waals surface area contributed by atoms with Crippen molar-refractivity contribution in [1.82, 2.24) is 10.5 Å². The number of aromatic nitrogens is 1. The third-order valence-corrected chi connectivity index (χ3v) is 3.87. The Balaban J connectivity index is 1.55. The molecule has 3 rings (SSSR count). The van der Waals surface area contributed by atoms with Gasteiger partial charge in [0.25, 0.3) is 5.91 Å². The molecule has 0 aliphatic carbocycles. The van der Waals surface area contributed by atoms with Crippen LogP contribution in [0.4, 0.5) is 5.69 Å². The molecule has 6 nitrogen and oxygen atoms in total. The molecule has 0 aliphatic heterocycles. The summed E-state index contributed by atoms with van der Waals surface area (Å²) in [7, 11) is 0. The van der Waals surface area contributed by atoms with E-state index >= 15 is 0 Å². The molecular formula is C19H16ClN3O3. The molecule has 1 aromatic heterocycles. The molecule has 0 unspecified atom stereocenters. The van der Waals surface area contributed by atoms with E-state index in [2.05, 4.69) is 15.8 Å². The first-order valence-corrected chi connectivity index (χ1v) is 8.26. The second-order valence-corrected chi connectivity index (χ2v) is 6.12. The molecule has 2 aromatic carbocycles. The number of hydrogen-bond acceptors (Lipinski definition) is 4. The van der Waals surface area contributed by atoms with Gasteiger partial charge in [0.15, 0.2) is 0 Å². The Bertz CT molecular complexity index is 918. The topological polar surface area (TPSA) is 84.2 Å². The summed E-state index contributed by atoms with van der Waals surface area (Å²) in [6, 6.07) is 15.9. The minimum Gasteiger partial charge on any atom is -0.350 e. The highest BCUT2D eigenvalue weighted by Gasteiger charge is 2.15. The zero-order valence-corrected chi connectivity index (χ0v) is 14.7. The van der Waals surface area contributed by atoms with Gasteiger partial charge in [-0.25, -0.2) is 0 Å². The number of anilines is 1. The molecular weight excluding hydrogens is 354 g/mol. The van der Waals surface area contributed by atoms with Crippen molar-refractivity contribution in [1.29, 1.82) is 0 Å². The van der Waals surface area contributed by atoms with E-state index in [4.69, 9.17) is 16.1 Å². The highest BCUT2D eigenvalue weighted by atomic mass is 35.5. The van der Waals surface area contributed by atoms with Crippen molar-refractivity contribution in [3.8, 4) is 11.3 Å². The summed E-state index contributed by atoms with van der Waals surface area (Å²) in [6.45, 7) is 1.79. The molecule has 0 aliphatic rings. The first-order valence-electron chi connectivity index (χ1n) is 7.88. The number of nitrogens with one attached hydrogen (secondary N) is 2. The number of hydrogen-bond donors (Lipinski definition) is 2. The Morgan fingerprint density at radius 2 is 1.77 bits per heavy atom. The minimum atomic E-state index is -0.512. The van der Waals surface area contributed by atoms with Crippen LogP contribution in [0.2, 0.25) is 5.02 Å². The molecule has 7 heteroatoms. The maximum atomic E-state index is 12.1. The number of rotatable bonds is 5. The number of benzene rings is 2. The lowest BCUT2D eigenvalue weighted by Gasteiger charge is -2.05. The van der Waals surface area contributed by atoms with Gasteiger partial charge in [-0.15, -0.1) is 0 Å². The quantitative estimate of drug-likeness (QED) is 0.718. The SMILES string of the molecule is Cc1ccc(-c2cc(C(=O)NCC(=O)Nc3ccc(Cl)cc3)on2)cc1. The molecule has 0 atom stereocenters. The number of aryl methyl sites for hydroxylation is 1. The molecule has 26 heavy (non-hydrogen) atoms.